The van der Waals surface area contributed by atoms with Gasteiger partial charge >= 0.3 is 0 Å². The summed E-state index contributed by atoms with van der Waals surface area (Å²) >= 11 is 0. The van der Waals surface area contributed by atoms with E-state index < -0.39 is 0 Å². The summed E-state index contributed by atoms with van der Waals surface area (Å²) in [5.41, 5.74) is 10.2. The Balaban J connectivity index is 2.05. The molecule has 2 rings (SSSR count). The standard InChI is InChI=1S/C11H20N6/c1-3-9-10(12)13-8-14-11(9)15-17-6-4-16(2)5-7-17/h8H,3-7H2,1-2H3,(H3,12,13,14,15). The van der Waals surface area contributed by atoms with Crippen LogP contribution in [0.15, 0.2) is 6.33 Å². The quantitative estimate of drug-likeness (QED) is 0.781. The van der Waals surface area contributed by atoms with Gasteiger partial charge in [0.2, 0.25) is 0 Å². The van der Waals surface area contributed by atoms with Crippen molar-refractivity contribution in [1.82, 2.24) is 19.9 Å². The van der Waals surface area contributed by atoms with Gasteiger partial charge in [0.15, 0.2) is 0 Å². The van der Waals surface area contributed by atoms with Crippen LogP contribution < -0.4 is 11.2 Å². The molecule has 1 saturated heterocycles. The molecule has 0 radical (unpaired) electrons. The number of hydrazine groups is 1. The van der Waals surface area contributed by atoms with E-state index in [-0.39, 0.29) is 0 Å². The van der Waals surface area contributed by atoms with Crippen molar-refractivity contribution in [2.24, 2.45) is 0 Å². The highest BCUT2D eigenvalue weighted by molar-refractivity contribution is 5.54. The third-order valence-electron chi connectivity index (χ3n) is 3.10. The van der Waals surface area contributed by atoms with Gasteiger partial charge in [-0.1, -0.05) is 6.92 Å². The lowest BCUT2D eigenvalue weighted by Crippen LogP contribution is -2.47. The SMILES string of the molecule is CCc1c(N)ncnc1NN1CCN(C)CC1. The van der Waals surface area contributed by atoms with Gasteiger partial charge in [-0.25, -0.2) is 15.0 Å². The Kier molecular flexibility index (Phi) is 3.75. The molecule has 1 aliphatic rings. The summed E-state index contributed by atoms with van der Waals surface area (Å²) in [5.74, 6) is 1.41. The second kappa shape index (κ2) is 5.29. The van der Waals surface area contributed by atoms with Gasteiger partial charge in [0.25, 0.3) is 0 Å². The molecule has 2 heterocycles. The smallest absolute Gasteiger partial charge is 0.149 e. The Labute approximate surface area is 102 Å². The maximum atomic E-state index is 5.84. The Hall–Kier alpha value is -1.40. The number of anilines is 2. The molecule has 0 spiro atoms. The van der Waals surface area contributed by atoms with Crippen LogP contribution in [0.25, 0.3) is 0 Å². The fraction of sp³-hybridized carbons (Fsp3) is 0.636. The number of nitrogens with two attached hydrogens (primary N) is 1. The molecule has 0 aromatic carbocycles. The van der Waals surface area contributed by atoms with E-state index in [1.54, 1.807) is 0 Å². The second-order valence-corrected chi connectivity index (χ2v) is 4.34. The Morgan fingerprint density at radius 1 is 1.29 bits per heavy atom. The van der Waals surface area contributed by atoms with Crippen molar-refractivity contribution in [3.05, 3.63) is 11.9 Å². The minimum absolute atomic E-state index is 0.569. The number of hydrogen-bond acceptors (Lipinski definition) is 6. The third-order valence-corrected chi connectivity index (χ3v) is 3.10. The molecule has 0 atom stereocenters. The average molecular weight is 236 g/mol. The minimum Gasteiger partial charge on any atom is -0.383 e. The topological polar surface area (TPSA) is 70.3 Å². The fourth-order valence-electron chi connectivity index (χ4n) is 1.94. The van der Waals surface area contributed by atoms with Gasteiger partial charge in [-0.3, -0.25) is 0 Å². The molecular formula is C11H20N6. The van der Waals surface area contributed by atoms with Crippen molar-refractivity contribution in [3.8, 4) is 0 Å². The molecule has 6 nitrogen and oxygen atoms in total. The van der Waals surface area contributed by atoms with Gasteiger partial charge in [-0.2, -0.15) is 0 Å². The molecule has 6 heteroatoms. The van der Waals surface area contributed by atoms with Crippen LogP contribution in [0.5, 0.6) is 0 Å². The van der Waals surface area contributed by atoms with Crippen LogP contribution in [0.2, 0.25) is 0 Å². The van der Waals surface area contributed by atoms with Crippen molar-refractivity contribution in [2.75, 3.05) is 44.4 Å². The summed E-state index contributed by atoms with van der Waals surface area (Å²) in [6.07, 6.45) is 2.34. The summed E-state index contributed by atoms with van der Waals surface area (Å²) in [5, 5.41) is 2.18. The molecule has 0 unspecified atom stereocenters. The largest absolute Gasteiger partial charge is 0.383 e. The van der Waals surface area contributed by atoms with Gasteiger partial charge < -0.3 is 16.1 Å². The van der Waals surface area contributed by atoms with Gasteiger partial charge in [0.05, 0.1) is 0 Å². The molecule has 17 heavy (non-hydrogen) atoms. The molecule has 1 aliphatic heterocycles. The maximum absolute atomic E-state index is 5.84. The van der Waals surface area contributed by atoms with E-state index in [0.29, 0.717) is 5.82 Å². The lowest BCUT2D eigenvalue weighted by Gasteiger charge is -2.33. The monoisotopic (exact) mass is 236 g/mol. The van der Waals surface area contributed by atoms with Crippen molar-refractivity contribution in [3.63, 3.8) is 0 Å². The highest BCUT2D eigenvalue weighted by atomic mass is 15.5. The number of piperazine rings is 1. The molecule has 3 N–H and O–H groups in total. The van der Waals surface area contributed by atoms with Gasteiger partial charge in [0.1, 0.15) is 18.0 Å². The summed E-state index contributed by atoms with van der Waals surface area (Å²) in [6, 6.07) is 0. The van der Waals surface area contributed by atoms with E-state index >= 15 is 0 Å². The summed E-state index contributed by atoms with van der Waals surface area (Å²) in [6.45, 7) is 6.17. The lowest BCUT2D eigenvalue weighted by atomic mass is 10.2. The lowest BCUT2D eigenvalue weighted by molar-refractivity contribution is 0.178. The summed E-state index contributed by atoms with van der Waals surface area (Å²) < 4.78 is 0. The molecular weight excluding hydrogens is 216 g/mol. The molecule has 0 amide bonds. The molecule has 0 aliphatic carbocycles. The minimum atomic E-state index is 0.569. The van der Waals surface area contributed by atoms with Crippen LogP contribution in [0.1, 0.15) is 12.5 Å². The Morgan fingerprint density at radius 2 is 2.00 bits per heavy atom. The highest BCUT2D eigenvalue weighted by Gasteiger charge is 2.15. The predicted octanol–water partition coefficient (Wildman–Crippen LogP) is 0.196. The van der Waals surface area contributed by atoms with Gasteiger partial charge in [0, 0.05) is 31.7 Å². The van der Waals surface area contributed by atoms with Crippen molar-refractivity contribution in [2.45, 2.75) is 13.3 Å². The van der Waals surface area contributed by atoms with Crippen LogP contribution >= 0.6 is 0 Å². The Bertz CT molecular complexity index is 372. The average Bonchev–Trinajstić information content (AvgIpc) is 2.32. The molecule has 94 valence electrons. The second-order valence-electron chi connectivity index (χ2n) is 4.34. The first-order valence-corrected chi connectivity index (χ1v) is 6.00. The highest BCUT2D eigenvalue weighted by Crippen LogP contribution is 2.18. The first-order valence-electron chi connectivity index (χ1n) is 6.00. The first kappa shape index (κ1) is 12.1. The number of aromatic nitrogens is 2. The van der Waals surface area contributed by atoms with Crippen LogP contribution in [0.4, 0.5) is 11.6 Å². The van der Waals surface area contributed by atoms with E-state index in [4.69, 9.17) is 5.73 Å². The normalized spacial score (nSPS) is 18.2. The summed E-state index contributed by atoms with van der Waals surface area (Å²) in [4.78, 5) is 10.6. The number of likely N-dealkylation sites (N-methyl/N-ethyl adjacent to an activating group) is 1. The van der Waals surface area contributed by atoms with Crippen LogP contribution in [0, 0.1) is 0 Å². The van der Waals surface area contributed by atoms with Crippen molar-refractivity contribution in [1.29, 1.82) is 0 Å². The number of nitrogens with one attached hydrogen (secondary N) is 1. The van der Waals surface area contributed by atoms with Crippen molar-refractivity contribution >= 4 is 11.6 Å². The van der Waals surface area contributed by atoms with Crippen LogP contribution in [0.3, 0.4) is 0 Å². The third kappa shape index (κ3) is 2.83. The van der Waals surface area contributed by atoms with Crippen LogP contribution in [-0.2, 0) is 6.42 Å². The van der Waals surface area contributed by atoms with Crippen molar-refractivity contribution < 1.29 is 0 Å². The number of nitrogen functional groups attached to an aromatic ring is 1. The zero-order valence-electron chi connectivity index (χ0n) is 10.5. The predicted molar refractivity (Wildman–Crippen MR) is 68.5 cm³/mol. The van der Waals surface area contributed by atoms with E-state index in [0.717, 1.165) is 44.0 Å². The van der Waals surface area contributed by atoms with Gasteiger partial charge in [-0.15, -0.1) is 0 Å². The summed E-state index contributed by atoms with van der Waals surface area (Å²) in [7, 11) is 2.14. The Morgan fingerprint density at radius 3 is 2.65 bits per heavy atom. The molecule has 1 aromatic heterocycles. The van der Waals surface area contributed by atoms with Gasteiger partial charge in [-0.05, 0) is 13.5 Å². The van der Waals surface area contributed by atoms with E-state index in [1.165, 1.54) is 6.33 Å². The first-order chi connectivity index (χ1) is 8.20. The fourth-order valence-corrected chi connectivity index (χ4v) is 1.94. The van der Waals surface area contributed by atoms with E-state index in [9.17, 15) is 0 Å². The molecule has 0 bridgehead atoms. The number of hydrogen-bond donors (Lipinski definition) is 2. The zero-order valence-corrected chi connectivity index (χ0v) is 10.5. The molecule has 1 fully saturated rings. The molecule has 1 aromatic rings. The van der Waals surface area contributed by atoms with E-state index in [2.05, 4.69) is 39.3 Å². The number of nitrogens with zero attached hydrogens (tertiary/aromatic N) is 4. The van der Waals surface area contributed by atoms with Crippen LogP contribution in [-0.4, -0.2) is 53.1 Å². The number of rotatable bonds is 3. The maximum Gasteiger partial charge on any atom is 0.149 e. The zero-order chi connectivity index (χ0) is 12.3. The van der Waals surface area contributed by atoms with E-state index in [1.807, 2.05) is 0 Å². The molecule has 0 saturated carbocycles.